The minimum Gasteiger partial charge on any atom is -0.479 e. The number of carbonyl (C=O) groups excluding carboxylic acids is 2. The topological polar surface area (TPSA) is 64.6 Å². The summed E-state index contributed by atoms with van der Waals surface area (Å²) in [6.07, 6.45) is -0.863. The maximum Gasteiger partial charge on any atom is 0.347 e. The Bertz CT molecular complexity index is 745. The molecule has 0 bridgehead atoms. The summed E-state index contributed by atoms with van der Waals surface area (Å²) < 4.78 is 10.3. The summed E-state index contributed by atoms with van der Waals surface area (Å²) in [6, 6.07) is 11.7. The molecule has 0 aliphatic carbocycles. The summed E-state index contributed by atoms with van der Waals surface area (Å²) in [6.45, 7) is 1.02. The van der Waals surface area contributed by atoms with Crippen molar-refractivity contribution in [1.29, 1.82) is 0 Å². The minimum atomic E-state index is -0.863. The van der Waals surface area contributed by atoms with Gasteiger partial charge in [-0.1, -0.05) is 53.0 Å². The van der Waals surface area contributed by atoms with Crippen LogP contribution in [0.15, 0.2) is 42.5 Å². The largest absolute Gasteiger partial charge is 0.479 e. The van der Waals surface area contributed by atoms with Gasteiger partial charge in [-0.3, -0.25) is 4.79 Å². The number of nitrogens with one attached hydrogen (secondary N) is 1. The van der Waals surface area contributed by atoms with Gasteiger partial charge < -0.3 is 14.8 Å². The van der Waals surface area contributed by atoms with Crippen LogP contribution in [0.4, 0.5) is 5.69 Å². The van der Waals surface area contributed by atoms with Crippen molar-refractivity contribution in [1.82, 2.24) is 0 Å². The zero-order chi connectivity index (χ0) is 18.4. The molecule has 0 aliphatic heterocycles. The van der Waals surface area contributed by atoms with E-state index >= 15 is 0 Å². The Hall–Kier alpha value is -1.95. The van der Waals surface area contributed by atoms with E-state index in [-0.39, 0.29) is 15.7 Å². The number of amides is 1. The van der Waals surface area contributed by atoms with Gasteiger partial charge in [0.25, 0.3) is 5.91 Å². The van der Waals surface area contributed by atoms with Crippen molar-refractivity contribution in [3.8, 4) is 5.75 Å². The molecule has 0 radical (unpaired) electrons. The number of carbonyl (C=O) groups is 2. The second-order valence-corrected chi connectivity index (χ2v) is 6.22. The average molecular weight is 403 g/mol. The molecule has 0 spiro atoms. The lowest BCUT2D eigenvalue weighted by atomic mass is 10.3. The molecule has 0 fully saturated rings. The molecule has 2 rings (SSSR count). The van der Waals surface area contributed by atoms with Crippen molar-refractivity contribution in [3.63, 3.8) is 0 Å². The predicted molar refractivity (Wildman–Crippen MR) is 97.6 cm³/mol. The van der Waals surface area contributed by atoms with E-state index in [2.05, 4.69) is 5.32 Å². The molecule has 0 aliphatic rings. The van der Waals surface area contributed by atoms with Gasteiger partial charge in [0.1, 0.15) is 5.75 Å². The number of benzene rings is 2. The molecule has 132 valence electrons. The van der Waals surface area contributed by atoms with Crippen LogP contribution in [0.1, 0.15) is 6.92 Å². The van der Waals surface area contributed by atoms with E-state index in [0.717, 1.165) is 0 Å². The fourth-order valence-corrected chi connectivity index (χ4v) is 2.75. The quantitative estimate of drug-likeness (QED) is 0.717. The number of anilines is 1. The maximum absolute atomic E-state index is 11.9. The fourth-order valence-electron chi connectivity index (χ4n) is 1.84. The van der Waals surface area contributed by atoms with Gasteiger partial charge in [-0.05, 0) is 31.2 Å². The van der Waals surface area contributed by atoms with Crippen LogP contribution in [0.2, 0.25) is 15.1 Å². The lowest BCUT2D eigenvalue weighted by molar-refractivity contribution is -0.153. The number of rotatable bonds is 6. The molecule has 0 aromatic heterocycles. The third-order valence-electron chi connectivity index (χ3n) is 3.00. The van der Waals surface area contributed by atoms with Gasteiger partial charge in [0.2, 0.25) is 0 Å². The van der Waals surface area contributed by atoms with Crippen molar-refractivity contribution in [2.45, 2.75) is 13.0 Å². The number of hydrogen-bond donors (Lipinski definition) is 1. The third-order valence-corrected chi connectivity index (χ3v) is 3.82. The van der Waals surface area contributed by atoms with Crippen molar-refractivity contribution in [2.24, 2.45) is 0 Å². The molecule has 25 heavy (non-hydrogen) atoms. The van der Waals surface area contributed by atoms with E-state index in [9.17, 15) is 9.59 Å². The van der Waals surface area contributed by atoms with E-state index in [4.69, 9.17) is 44.3 Å². The molecule has 2 aromatic rings. The molecular formula is C17H14Cl3NO4. The van der Waals surface area contributed by atoms with Gasteiger partial charge in [-0.25, -0.2) is 4.79 Å². The van der Waals surface area contributed by atoms with Crippen LogP contribution < -0.4 is 10.1 Å². The maximum atomic E-state index is 11.9. The first-order chi connectivity index (χ1) is 11.9. The minimum absolute atomic E-state index is 0.179. The van der Waals surface area contributed by atoms with Gasteiger partial charge in [0, 0.05) is 5.02 Å². The van der Waals surface area contributed by atoms with E-state index < -0.39 is 24.6 Å². The van der Waals surface area contributed by atoms with E-state index in [1.54, 1.807) is 24.3 Å². The zero-order valence-electron chi connectivity index (χ0n) is 13.1. The molecule has 2 aromatic carbocycles. The van der Waals surface area contributed by atoms with Gasteiger partial charge in [0.05, 0.1) is 15.7 Å². The molecule has 0 saturated carbocycles. The first-order valence-electron chi connectivity index (χ1n) is 7.19. The van der Waals surface area contributed by atoms with Crippen molar-refractivity contribution in [2.75, 3.05) is 11.9 Å². The molecule has 0 unspecified atom stereocenters. The molecule has 5 nitrogen and oxygen atoms in total. The van der Waals surface area contributed by atoms with Crippen molar-refractivity contribution >= 4 is 52.4 Å². The Morgan fingerprint density at radius 2 is 1.68 bits per heavy atom. The van der Waals surface area contributed by atoms with Gasteiger partial charge in [-0.2, -0.15) is 0 Å². The van der Waals surface area contributed by atoms with E-state index in [1.807, 2.05) is 6.07 Å². The summed E-state index contributed by atoms with van der Waals surface area (Å²) in [5.74, 6) is -0.741. The van der Waals surface area contributed by atoms with E-state index in [0.29, 0.717) is 10.8 Å². The summed E-state index contributed by atoms with van der Waals surface area (Å²) >= 11 is 17.7. The SMILES string of the molecule is C[C@H](Oc1ccccc1)C(=O)OCC(=O)Nc1c(Cl)cc(Cl)cc1Cl. The Kier molecular flexibility index (Phi) is 6.93. The van der Waals surface area contributed by atoms with E-state index in [1.165, 1.54) is 19.1 Å². The Labute approximate surface area is 159 Å². The highest BCUT2D eigenvalue weighted by Crippen LogP contribution is 2.33. The lowest BCUT2D eigenvalue weighted by Gasteiger charge is -2.14. The van der Waals surface area contributed by atoms with Crippen LogP contribution in [0, 0.1) is 0 Å². The van der Waals surface area contributed by atoms with Crippen LogP contribution in [0.3, 0.4) is 0 Å². The van der Waals surface area contributed by atoms with Gasteiger partial charge in [-0.15, -0.1) is 0 Å². The second kappa shape index (κ2) is 8.94. The number of para-hydroxylation sites is 1. The number of esters is 1. The number of ether oxygens (including phenoxy) is 2. The first-order valence-corrected chi connectivity index (χ1v) is 8.33. The number of halogens is 3. The summed E-state index contributed by atoms with van der Waals surface area (Å²) in [5.41, 5.74) is 0.197. The molecule has 1 amide bonds. The molecule has 1 N–H and O–H groups in total. The van der Waals surface area contributed by atoms with Crippen LogP contribution >= 0.6 is 34.8 Å². The van der Waals surface area contributed by atoms with Gasteiger partial charge in [0.15, 0.2) is 12.7 Å². The zero-order valence-corrected chi connectivity index (χ0v) is 15.4. The average Bonchev–Trinajstić information content (AvgIpc) is 2.56. The second-order valence-electron chi connectivity index (χ2n) is 4.97. The standard InChI is InChI=1S/C17H14Cl3NO4/c1-10(25-12-5-3-2-4-6-12)17(23)24-9-15(22)21-16-13(19)7-11(18)8-14(16)20/h2-8,10H,9H2,1H3,(H,21,22)/t10-/m0/s1. The first kappa shape index (κ1) is 19.4. The molecular weight excluding hydrogens is 389 g/mol. The monoisotopic (exact) mass is 401 g/mol. The Morgan fingerprint density at radius 1 is 1.08 bits per heavy atom. The Balaban J connectivity index is 1.86. The van der Waals surface area contributed by atoms with Crippen molar-refractivity contribution < 1.29 is 19.1 Å². The van der Waals surface area contributed by atoms with Crippen LogP contribution in [0.5, 0.6) is 5.75 Å². The third kappa shape index (κ3) is 5.81. The van der Waals surface area contributed by atoms with Crippen LogP contribution in [-0.4, -0.2) is 24.6 Å². The highest BCUT2D eigenvalue weighted by atomic mass is 35.5. The summed E-state index contributed by atoms with van der Waals surface area (Å²) in [7, 11) is 0. The smallest absolute Gasteiger partial charge is 0.347 e. The lowest BCUT2D eigenvalue weighted by Crippen LogP contribution is -2.29. The fraction of sp³-hybridized carbons (Fsp3) is 0.176. The highest BCUT2D eigenvalue weighted by molar-refractivity contribution is 6.42. The molecule has 0 heterocycles. The normalized spacial score (nSPS) is 11.5. The molecule has 1 atom stereocenters. The van der Waals surface area contributed by atoms with Crippen molar-refractivity contribution in [3.05, 3.63) is 57.5 Å². The number of hydrogen-bond acceptors (Lipinski definition) is 4. The predicted octanol–water partition coefficient (Wildman–Crippen LogP) is 4.60. The summed E-state index contributed by atoms with van der Waals surface area (Å²) in [4.78, 5) is 23.8. The highest BCUT2D eigenvalue weighted by Gasteiger charge is 2.18. The van der Waals surface area contributed by atoms with Crippen LogP contribution in [0.25, 0.3) is 0 Å². The Morgan fingerprint density at radius 3 is 2.28 bits per heavy atom. The molecule has 8 heteroatoms. The molecule has 0 saturated heterocycles. The van der Waals surface area contributed by atoms with Crippen LogP contribution in [-0.2, 0) is 14.3 Å². The van der Waals surface area contributed by atoms with Gasteiger partial charge >= 0.3 is 5.97 Å². The summed E-state index contributed by atoms with van der Waals surface area (Å²) in [5, 5.41) is 3.17.